The maximum Gasteiger partial charge on any atom is 0.233 e. The second-order valence-corrected chi connectivity index (χ2v) is 5.65. The third-order valence-electron chi connectivity index (χ3n) is 3.22. The molecule has 1 aromatic heterocycles. The topological polar surface area (TPSA) is 68.0 Å². The second kappa shape index (κ2) is 5.10. The summed E-state index contributed by atoms with van der Waals surface area (Å²) >= 11 is 6.59. The van der Waals surface area contributed by atoms with Crippen LogP contribution in [-0.2, 0) is 11.2 Å². The molecule has 1 fully saturated rings. The molecule has 0 saturated heterocycles. The van der Waals surface area contributed by atoms with Gasteiger partial charge in [-0.2, -0.15) is 0 Å². The number of thiazole rings is 1. The van der Waals surface area contributed by atoms with Crippen molar-refractivity contribution in [3.8, 4) is 0 Å². The highest BCUT2D eigenvalue weighted by molar-refractivity contribution is 7.80. The largest absolute Gasteiger partial charge is 0.392 e. The molecule has 4 nitrogen and oxygen atoms in total. The molecule has 0 aromatic carbocycles. The summed E-state index contributed by atoms with van der Waals surface area (Å²) in [7, 11) is 0. The van der Waals surface area contributed by atoms with Crippen LogP contribution in [0.3, 0.4) is 0 Å². The van der Waals surface area contributed by atoms with Crippen molar-refractivity contribution in [2.45, 2.75) is 25.7 Å². The number of nitrogens with one attached hydrogen (secondary N) is 1. The van der Waals surface area contributed by atoms with E-state index in [1.54, 1.807) is 17.5 Å². The Hall–Kier alpha value is -1.01. The van der Waals surface area contributed by atoms with Gasteiger partial charge < -0.3 is 11.1 Å². The molecular formula is C11H15N3OS2. The van der Waals surface area contributed by atoms with Crippen LogP contribution in [-0.4, -0.2) is 22.4 Å². The molecule has 17 heavy (non-hydrogen) atoms. The molecule has 92 valence electrons. The van der Waals surface area contributed by atoms with Crippen LogP contribution >= 0.6 is 23.6 Å². The monoisotopic (exact) mass is 269 g/mol. The van der Waals surface area contributed by atoms with E-state index < -0.39 is 5.41 Å². The van der Waals surface area contributed by atoms with Crippen LogP contribution < -0.4 is 11.1 Å². The van der Waals surface area contributed by atoms with Crippen LogP contribution in [0.4, 0.5) is 0 Å². The number of nitrogens with two attached hydrogens (primary N) is 1. The zero-order chi connectivity index (χ0) is 12.3. The van der Waals surface area contributed by atoms with E-state index in [9.17, 15) is 4.79 Å². The van der Waals surface area contributed by atoms with Gasteiger partial charge in [0.1, 0.15) is 0 Å². The molecule has 2 rings (SSSR count). The number of carbonyl (C=O) groups is 1. The maximum absolute atomic E-state index is 12.0. The summed E-state index contributed by atoms with van der Waals surface area (Å²) in [5, 5.41) is 5.87. The van der Waals surface area contributed by atoms with E-state index in [0.717, 1.165) is 30.7 Å². The SMILES string of the molecule is NC(=S)C1(C(=O)NCCc2nccs2)CCC1. The molecule has 0 spiro atoms. The Kier molecular flexibility index (Phi) is 3.73. The summed E-state index contributed by atoms with van der Waals surface area (Å²) in [6.07, 6.45) is 5.12. The zero-order valence-electron chi connectivity index (χ0n) is 9.44. The molecule has 0 radical (unpaired) electrons. The van der Waals surface area contributed by atoms with Gasteiger partial charge in [-0.05, 0) is 12.8 Å². The molecule has 1 saturated carbocycles. The number of amides is 1. The molecule has 1 aliphatic carbocycles. The lowest BCUT2D eigenvalue weighted by atomic mass is 9.68. The van der Waals surface area contributed by atoms with Crippen molar-refractivity contribution < 1.29 is 4.79 Å². The minimum absolute atomic E-state index is 0.0205. The van der Waals surface area contributed by atoms with E-state index in [2.05, 4.69) is 10.3 Å². The average Bonchev–Trinajstić information content (AvgIpc) is 2.67. The van der Waals surface area contributed by atoms with Gasteiger partial charge in [-0.25, -0.2) is 4.98 Å². The minimum Gasteiger partial charge on any atom is -0.392 e. The second-order valence-electron chi connectivity index (χ2n) is 4.23. The fourth-order valence-electron chi connectivity index (χ4n) is 1.94. The Bertz CT molecular complexity index is 412. The predicted octanol–water partition coefficient (Wildman–Crippen LogP) is 1.26. The Morgan fingerprint density at radius 3 is 2.88 bits per heavy atom. The van der Waals surface area contributed by atoms with Gasteiger partial charge >= 0.3 is 0 Å². The fraction of sp³-hybridized carbons (Fsp3) is 0.545. The lowest BCUT2D eigenvalue weighted by Crippen LogP contribution is -2.53. The number of aromatic nitrogens is 1. The van der Waals surface area contributed by atoms with E-state index in [4.69, 9.17) is 18.0 Å². The zero-order valence-corrected chi connectivity index (χ0v) is 11.1. The molecule has 1 aliphatic rings. The van der Waals surface area contributed by atoms with Gasteiger partial charge in [0.2, 0.25) is 5.91 Å². The van der Waals surface area contributed by atoms with Crippen LogP contribution in [0.2, 0.25) is 0 Å². The summed E-state index contributed by atoms with van der Waals surface area (Å²) in [6.45, 7) is 0.594. The van der Waals surface area contributed by atoms with E-state index >= 15 is 0 Å². The lowest BCUT2D eigenvalue weighted by molar-refractivity contribution is -0.130. The average molecular weight is 269 g/mol. The molecule has 3 N–H and O–H groups in total. The third kappa shape index (κ3) is 2.47. The lowest BCUT2D eigenvalue weighted by Gasteiger charge is -2.39. The number of nitrogens with zero attached hydrogens (tertiary/aromatic N) is 1. The van der Waals surface area contributed by atoms with Gasteiger partial charge in [0.25, 0.3) is 0 Å². The van der Waals surface area contributed by atoms with Crippen molar-refractivity contribution in [2.24, 2.45) is 11.1 Å². The molecule has 1 aromatic rings. The number of thiocarbonyl (C=S) groups is 1. The van der Waals surface area contributed by atoms with Crippen molar-refractivity contribution in [1.82, 2.24) is 10.3 Å². The van der Waals surface area contributed by atoms with Crippen molar-refractivity contribution >= 4 is 34.5 Å². The molecule has 0 atom stereocenters. The van der Waals surface area contributed by atoms with E-state index in [-0.39, 0.29) is 5.91 Å². The first-order valence-corrected chi connectivity index (χ1v) is 6.90. The van der Waals surface area contributed by atoms with Crippen molar-refractivity contribution in [3.05, 3.63) is 16.6 Å². The Morgan fingerprint density at radius 2 is 2.41 bits per heavy atom. The first-order chi connectivity index (χ1) is 8.15. The van der Waals surface area contributed by atoms with E-state index in [0.29, 0.717) is 11.5 Å². The van der Waals surface area contributed by atoms with Crippen molar-refractivity contribution in [3.63, 3.8) is 0 Å². The highest BCUT2D eigenvalue weighted by Crippen LogP contribution is 2.41. The van der Waals surface area contributed by atoms with Gasteiger partial charge in [-0.3, -0.25) is 4.79 Å². The standard InChI is InChI=1S/C11H15N3OS2/c12-9(16)11(3-1-4-11)10(15)14-5-2-8-13-6-7-17-8/h6-7H,1-5H2,(H2,12,16)(H,14,15). The molecule has 0 aliphatic heterocycles. The molecule has 1 heterocycles. The van der Waals surface area contributed by atoms with Crippen molar-refractivity contribution in [2.75, 3.05) is 6.54 Å². The summed E-state index contributed by atoms with van der Waals surface area (Å²) in [5.41, 5.74) is 5.09. The van der Waals surface area contributed by atoms with Crippen LogP contribution in [0.25, 0.3) is 0 Å². The molecular weight excluding hydrogens is 254 g/mol. The van der Waals surface area contributed by atoms with E-state index in [1.165, 1.54) is 0 Å². The fourth-order valence-corrected chi connectivity index (χ4v) is 2.86. The minimum atomic E-state index is -0.571. The highest BCUT2D eigenvalue weighted by Gasteiger charge is 2.46. The van der Waals surface area contributed by atoms with Crippen LogP contribution in [0.1, 0.15) is 24.3 Å². The predicted molar refractivity (Wildman–Crippen MR) is 71.9 cm³/mol. The van der Waals surface area contributed by atoms with Crippen LogP contribution in [0.5, 0.6) is 0 Å². The maximum atomic E-state index is 12.0. The Morgan fingerprint density at radius 1 is 1.65 bits per heavy atom. The molecule has 0 bridgehead atoms. The van der Waals surface area contributed by atoms with Crippen molar-refractivity contribution in [1.29, 1.82) is 0 Å². The van der Waals surface area contributed by atoms with Gasteiger partial charge in [0, 0.05) is 24.5 Å². The number of rotatable bonds is 5. The summed E-state index contributed by atoms with van der Waals surface area (Å²) in [6, 6.07) is 0. The Balaban J connectivity index is 1.83. The van der Waals surface area contributed by atoms with Crippen LogP contribution in [0.15, 0.2) is 11.6 Å². The first-order valence-electron chi connectivity index (χ1n) is 5.62. The molecule has 0 unspecified atom stereocenters. The first kappa shape index (κ1) is 12.4. The number of hydrogen-bond donors (Lipinski definition) is 2. The number of hydrogen-bond acceptors (Lipinski definition) is 4. The third-order valence-corrected chi connectivity index (χ3v) is 4.45. The van der Waals surface area contributed by atoms with Crippen LogP contribution in [0, 0.1) is 5.41 Å². The van der Waals surface area contributed by atoms with Gasteiger partial charge in [-0.15, -0.1) is 11.3 Å². The summed E-state index contributed by atoms with van der Waals surface area (Å²) < 4.78 is 0. The van der Waals surface area contributed by atoms with Gasteiger partial charge in [0.05, 0.1) is 15.4 Å². The van der Waals surface area contributed by atoms with Gasteiger partial charge in [0.15, 0.2) is 0 Å². The molecule has 1 amide bonds. The van der Waals surface area contributed by atoms with E-state index in [1.807, 2.05) is 5.38 Å². The Labute approximate surface area is 110 Å². The molecule has 6 heteroatoms. The smallest absolute Gasteiger partial charge is 0.233 e. The summed E-state index contributed by atoms with van der Waals surface area (Å²) in [4.78, 5) is 16.5. The highest BCUT2D eigenvalue weighted by atomic mass is 32.1. The van der Waals surface area contributed by atoms with Gasteiger partial charge in [-0.1, -0.05) is 18.6 Å². The normalized spacial score (nSPS) is 17.2. The summed E-state index contributed by atoms with van der Waals surface area (Å²) in [5.74, 6) is -0.0205. The quantitative estimate of drug-likeness (QED) is 0.790. The number of carbonyl (C=O) groups excluding carboxylic acids is 1.